The van der Waals surface area contributed by atoms with Crippen molar-refractivity contribution in [2.45, 2.75) is 31.7 Å². The Bertz CT molecular complexity index is 2640. The number of hydrogen-bond donors (Lipinski definition) is 0. The van der Waals surface area contributed by atoms with Gasteiger partial charge < -0.3 is 9.13 Å². The van der Waals surface area contributed by atoms with E-state index in [1.807, 2.05) is 0 Å². The smallest absolute Gasteiger partial charge is 0.0560 e. The molecule has 1 atom stereocenters. The average molecular weight is 603 g/mol. The van der Waals surface area contributed by atoms with Crippen LogP contribution in [0.2, 0.25) is 0 Å². The molecule has 0 saturated heterocycles. The first-order valence-corrected chi connectivity index (χ1v) is 16.7. The van der Waals surface area contributed by atoms with E-state index in [1.165, 1.54) is 82.7 Å². The molecule has 1 unspecified atom stereocenters. The Morgan fingerprint density at radius 1 is 0.532 bits per heavy atom. The Labute approximate surface area is 274 Å². The van der Waals surface area contributed by atoms with Crippen molar-refractivity contribution < 1.29 is 0 Å². The van der Waals surface area contributed by atoms with Gasteiger partial charge in [0.05, 0.1) is 17.1 Å². The first-order valence-electron chi connectivity index (χ1n) is 16.7. The van der Waals surface area contributed by atoms with Gasteiger partial charge >= 0.3 is 0 Å². The Morgan fingerprint density at radius 3 is 1.94 bits per heavy atom. The highest BCUT2D eigenvalue weighted by atomic mass is 15.0. The highest BCUT2D eigenvalue weighted by molar-refractivity contribution is 6.12. The Balaban J connectivity index is 1.14. The Hall–Kier alpha value is -5.60. The Kier molecular flexibility index (Phi) is 5.49. The molecule has 10 rings (SSSR count). The zero-order valence-electron chi connectivity index (χ0n) is 26.6. The summed E-state index contributed by atoms with van der Waals surface area (Å²) in [6.45, 7) is 4.72. The second-order valence-electron chi connectivity index (χ2n) is 13.7. The molecule has 0 radical (unpaired) electrons. The van der Waals surface area contributed by atoms with Crippen molar-refractivity contribution >= 4 is 43.6 Å². The largest absolute Gasteiger partial charge is 0.333 e. The fourth-order valence-corrected chi connectivity index (χ4v) is 8.56. The van der Waals surface area contributed by atoms with Gasteiger partial charge in [-0.05, 0) is 88.3 Å². The van der Waals surface area contributed by atoms with E-state index in [0.717, 1.165) is 6.42 Å². The quantitative estimate of drug-likeness (QED) is 0.190. The van der Waals surface area contributed by atoms with Crippen LogP contribution in [0.5, 0.6) is 0 Å². The lowest BCUT2D eigenvalue weighted by Crippen LogP contribution is -2.15. The Morgan fingerprint density at radius 2 is 1.15 bits per heavy atom. The van der Waals surface area contributed by atoms with Crippen LogP contribution in [0.3, 0.4) is 0 Å². The maximum Gasteiger partial charge on any atom is 0.0560 e. The number of hydrogen-bond acceptors (Lipinski definition) is 0. The third-order valence-corrected chi connectivity index (χ3v) is 10.8. The topological polar surface area (TPSA) is 9.86 Å². The minimum absolute atomic E-state index is 0.0421. The SMILES string of the molecule is CC1(C)c2ccccc2-c2ccc(-n3c4ccccc4c4cc(-c5ccc6c(c5)c5ccccc5n6C5C=CC=CC5)ccc43)cc21. The molecular weight excluding hydrogens is 569 g/mol. The van der Waals surface area contributed by atoms with E-state index < -0.39 is 0 Å². The molecule has 2 aliphatic rings. The van der Waals surface area contributed by atoms with Crippen molar-refractivity contribution in [2.75, 3.05) is 0 Å². The number of para-hydroxylation sites is 2. The lowest BCUT2D eigenvalue weighted by atomic mass is 9.82. The third kappa shape index (κ3) is 3.73. The molecule has 2 aliphatic carbocycles. The first-order chi connectivity index (χ1) is 23.1. The van der Waals surface area contributed by atoms with Crippen molar-refractivity contribution in [3.8, 4) is 27.9 Å². The van der Waals surface area contributed by atoms with Crippen molar-refractivity contribution in [1.29, 1.82) is 0 Å². The molecule has 2 heterocycles. The molecule has 0 aliphatic heterocycles. The number of benzene rings is 6. The van der Waals surface area contributed by atoms with Gasteiger partial charge in [0, 0.05) is 43.7 Å². The summed E-state index contributed by atoms with van der Waals surface area (Å²) in [5.41, 5.74) is 14.2. The van der Waals surface area contributed by atoms with E-state index in [0.29, 0.717) is 6.04 Å². The molecule has 2 aromatic heterocycles. The van der Waals surface area contributed by atoms with E-state index in [-0.39, 0.29) is 5.41 Å². The van der Waals surface area contributed by atoms with Gasteiger partial charge in [-0.15, -0.1) is 0 Å². The summed E-state index contributed by atoms with van der Waals surface area (Å²) >= 11 is 0. The normalized spacial score (nSPS) is 16.4. The summed E-state index contributed by atoms with van der Waals surface area (Å²) in [5.74, 6) is 0. The number of nitrogens with zero attached hydrogens (tertiary/aromatic N) is 2. The van der Waals surface area contributed by atoms with Crippen molar-refractivity contribution in [3.05, 3.63) is 163 Å². The van der Waals surface area contributed by atoms with Gasteiger partial charge in [-0.3, -0.25) is 0 Å². The predicted octanol–water partition coefficient (Wildman–Crippen LogP) is 11.9. The van der Waals surface area contributed by atoms with Crippen LogP contribution in [-0.2, 0) is 5.41 Å². The zero-order valence-corrected chi connectivity index (χ0v) is 26.6. The predicted molar refractivity (Wildman–Crippen MR) is 199 cm³/mol. The molecule has 0 spiro atoms. The molecule has 2 nitrogen and oxygen atoms in total. The van der Waals surface area contributed by atoms with Crippen molar-refractivity contribution in [1.82, 2.24) is 9.13 Å². The van der Waals surface area contributed by atoms with Crippen LogP contribution in [-0.4, -0.2) is 9.13 Å². The van der Waals surface area contributed by atoms with Gasteiger partial charge in [0.1, 0.15) is 0 Å². The van der Waals surface area contributed by atoms with Crippen LogP contribution in [0, 0.1) is 0 Å². The molecular formula is C45H34N2. The maximum absolute atomic E-state index is 2.52. The van der Waals surface area contributed by atoms with Crippen LogP contribution in [0.25, 0.3) is 71.6 Å². The second kappa shape index (κ2) is 9.70. The number of allylic oxidation sites excluding steroid dienone is 4. The molecule has 0 bridgehead atoms. The molecule has 47 heavy (non-hydrogen) atoms. The fraction of sp³-hybridized carbons (Fsp3) is 0.111. The van der Waals surface area contributed by atoms with Gasteiger partial charge in [0.15, 0.2) is 0 Å². The average Bonchev–Trinajstić information content (AvgIpc) is 3.71. The van der Waals surface area contributed by atoms with E-state index in [4.69, 9.17) is 0 Å². The molecule has 2 heteroatoms. The lowest BCUT2D eigenvalue weighted by molar-refractivity contribution is 0.648. The van der Waals surface area contributed by atoms with Crippen LogP contribution in [0.15, 0.2) is 152 Å². The summed E-state index contributed by atoms with van der Waals surface area (Å²) < 4.78 is 4.97. The maximum atomic E-state index is 2.52. The van der Waals surface area contributed by atoms with E-state index in [9.17, 15) is 0 Å². The summed E-state index contributed by atoms with van der Waals surface area (Å²) in [5, 5.41) is 5.18. The standard InChI is InChI=1S/C45H34N2/c1-45(2)39-17-9-6-14-33(39)34-23-22-32(28-40(34)45)47-42-19-11-8-16-36(42)38-27-30(21-25-44(38)47)29-20-24-43-37(26-29)35-15-7-10-18-41(35)46(43)31-12-4-3-5-13-31/h3-12,14-28,31H,13H2,1-2H3. The van der Waals surface area contributed by atoms with Gasteiger partial charge in [0.25, 0.3) is 0 Å². The summed E-state index contributed by atoms with van der Waals surface area (Å²) in [6.07, 6.45) is 9.94. The van der Waals surface area contributed by atoms with Crippen molar-refractivity contribution in [3.63, 3.8) is 0 Å². The van der Waals surface area contributed by atoms with Crippen molar-refractivity contribution in [2.24, 2.45) is 0 Å². The highest BCUT2D eigenvalue weighted by Gasteiger charge is 2.35. The van der Waals surface area contributed by atoms with Crippen LogP contribution < -0.4 is 0 Å². The monoisotopic (exact) mass is 602 g/mol. The van der Waals surface area contributed by atoms with Crippen LogP contribution in [0.4, 0.5) is 0 Å². The highest BCUT2D eigenvalue weighted by Crippen LogP contribution is 2.49. The molecule has 0 fully saturated rings. The van der Waals surface area contributed by atoms with Crippen LogP contribution >= 0.6 is 0 Å². The molecule has 224 valence electrons. The van der Waals surface area contributed by atoms with Gasteiger partial charge in [-0.25, -0.2) is 0 Å². The summed E-state index contributed by atoms with van der Waals surface area (Å²) in [7, 11) is 0. The third-order valence-electron chi connectivity index (χ3n) is 10.8. The minimum Gasteiger partial charge on any atom is -0.333 e. The summed E-state index contributed by atoms with van der Waals surface area (Å²) in [4.78, 5) is 0. The minimum atomic E-state index is -0.0421. The molecule has 0 saturated carbocycles. The number of aromatic nitrogens is 2. The van der Waals surface area contributed by atoms with E-state index >= 15 is 0 Å². The van der Waals surface area contributed by atoms with Crippen LogP contribution in [0.1, 0.15) is 37.4 Å². The molecule has 0 N–H and O–H groups in total. The van der Waals surface area contributed by atoms with E-state index in [1.54, 1.807) is 0 Å². The van der Waals surface area contributed by atoms with Gasteiger partial charge in [0.2, 0.25) is 0 Å². The van der Waals surface area contributed by atoms with Gasteiger partial charge in [-0.2, -0.15) is 0 Å². The number of rotatable bonds is 3. The zero-order chi connectivity index (χ0) is 31.3. The summed E-state index contributed by atoms with van der Waals surface area (Å²) in [6, 6.07) is 48.0. The second-order valence-corrected chi connectivity index (χ2v) is 13.7. The molecule has 8 aromatic rings. The van der Waals surface area contributed by atoms with Gasteiger partial charge in [-0.1, -0.05) is 117 Å². The number of fused-ring (bicyclic) bond motifs is 9. The molecule has 0 amide bonds. The first kappa shape index (κ1) is 26.6. The van der Waals surface area contributed by atoms with E-state index in [2.05, 4.69) is 175 Å². The lowest BCUT2D eigenvalue weighted by Gasteiger charge is -2.22. The molecule has 6 aromatic carbocycles. The fourth-order valence-electron chi connectivity index (χ4n) is 8.56.